The Labute approximate surface area is 182 Å². The van der Waals surface area contributed by atoms with E-state index in [1.807, 2.05) is 42.5 Å². The lowest BCUT2D eigenvalue weighted by atomic mass is 10.0. The minimum Gasteiger partial charge on any atom is -0.296 e. The Kier molecular flexibility index (Phi) is 6.65. The molecular formula is C24H28N4OS. The van der Waals surface area contributed by atoms with Gasteiger partial charge in [-0.1, -0.05) is 68.1 Å². The Balaban J connectivity index is 1.51. The van der Waals surface area contributed by atoms with Crippen LogP contribution in [0.15, 0.2) is 59.8 Å². The quantitative estimate of drug-likeness (QED) is 0.381. The third-order valence-electron chi connectivity index (χ3n) is 5.51. The van der Waals surface area contributed by atoms with Gasteiger partial charge in [-0.3, -0.25) is 14.3 Å². The highest BCUT2D eigenvalue weighted by Gasteiger charge is 2.20. The average molecular weight is 421 g/mol. The zero-order valence-electron chi connectivity index (χ0n) is 17.6. The van der Waals surface area contributed by atoms with Crippen LogP contribution in [-0.2, 0) is 6.54 Å². The highest BCUT2D eigenvalue weighted by Crippen LogP contribution is 2.25. The van der Waals surface area contributed by atoms with Gasteiger partial charge in [0.05, 0.1) is 12.3 Å². The summed E-state index contributed by atoms with van der Waals surface area (Å²) in [5, 5.41) is 9.68. The first-order valence-electron chi connectivity index (χ1n) is 10.6. The van der Waals surface area contributed by atoms with Crippen LogP contribution < -0.4 is 0 Å². The second-order valence-corrected chi connectivity index (χ2v) is 8.98. The molecule has 5 nitrogen and oxygen atoms in total. The molecule has 0 radical (unpaired) electrons. The van der Waals surface area contributed by atoms with E-state index >= 15 is 0 Å². The van der Waals surface area contributed by atoms with E-state index in [2.05, 4.69) is 45.6 Å². The van der Waals surface area contributed by atoms with E-state index in [-0.39, 0.29) is 5.78 Å². The molecule has 0 N–H and O–H groups in total. The number of benzene rings is 2. The number of nitrogens with zero attached hydrogens (tertiary/aromatic N) is 4. The molecule has 156 valence electrons. The van der Waals surface area contributed by atoms with Crippen molar-refractivity contribution in [1.29, 1.82) is 0 Å². The predicted octanol–water partition coefficient (Wildman–Crippen LogP) is 4.96. The predicted molar refractivity (Wildman–Crippen MR) is 121 cm³/mol. The molecule has 1 fully saturated rings. The van der Waals surface area contributed by atoms with Crippen LogP contribution in [0.3, 0.4) is 0 Å². The van der Waals surface area contributed by atoms with E-state index in [1.165, 1.54) is 30.2 Å². The van der Waals surface area contributed by atoms with Crippen molar-refractivity contribution in [3.8, 4) is 5.69 Å². The molecule has 6 heteroatoms. The third-order valence-corrected chi connectivity index (χ3v) is 6.44. The third kappa shape index (κ3) is 4.82. The molecule has 1 aliphatic heterocycles. The summed E-state index contributed by atoms with van der Waals surface area (Å²) in [6.07, 6.45) is 2.48. The molecule has 1 aromatic heterocycles. The van der Waals surface area contributed by atoms with Crippen molar-refractivity contribution in [3.05, 3.63) is 71.5 Å². The maximum absolute atomic E-state index is 12.7. The zero-order chi connectivity index (χ0) is 20.9. The van der Waals surface area contributed by atoms with Crippen LogP contribution in [0.25, 0.3) is 5.69 Å². The number of Topliss-reactive ketones (excluding diaryl/α,β-unsaturated/α-hetero) is 1. The summed E-state index contributed by atoms with van der Waals surface area (Å²) in [6, 6.07) is 18.1. The fourth-order valence-electron chi connectivity index (χ4n) is 3.74. The first kappa shape index (κ1) is 20.8. The largest absolute Gasteiger partial charge is 0.296 e. The van der Waals surface area contributed by atoms with Gasteiger partial charge in [0.2, 0.25) is 0 Å². The number of carbonyl (C=O) groups excluding carboxylic acids is 1. The molecule has 0 aliphatic carbocycles. The van der Waals surface area contributed by atoms with E-state index in [0.29, 0.717) is 11.7 Å². The Bertz CT molecular complexity index is 976. The van der Waals surface area contributed by atoms with E-state index in [9.17, 15) is 4.79 Å². The Hall–Kier alpha value is -2.44. The molecule has 0 spiro atoms. The first-order chi connectivity index (χ1) is 14.6. The number of likely N-dealkylation sites (tertiary alicyclic amines) is 1. The zero-order valence-corrected chi connectivity index (χ0v) is 18.4. The van der Waals surface area contributed by atoms with Gasteiger partial charge in [0.15, 0.2) is 16.8 Å². The van der Waals surface area contributed by atoms with Crippen LogP contribution in [0.1, 0.15) is 54.4 Å². The van der Waals surface area contributed by atoms with Crippen molar-refractivity contribution in [3.63, 3.8) is 0 Å². The lowest BCUT2D eigenvalue weighted by molar-refractivity contribution is 0.102. The number of rotatable bonds is 8. The van der Waals surface area contributed by atoms with Gasteiger partial charge in [-0.15, -0.1) is 10.2 Å². The van der Waals surface area contributed by atoms with E-state index < -0.39 is 0 Å². The number of para-hydroxylation sites is 1. The van der Waals surface area contributed by atoms with Crippen LogP contribution in [-0.4, -0.2) is 44.3 Å². The molecule has 0 atom stereocenters. The topological polar surface area (TPSA) is 51.0 Å². The molecule has 1 saturated heterocycles. The number of hydrogen-bond acceptors (Lipinski definition) is 5. The van der Waals surface area contributed by atoms with Crippen molar-refractivity contribution < 1.29 is 4.79 Å². The number of aromatic nitrogens is 3. The highest BCUT2D eigenvalue weighted by atomic mass is 32.2. The van der Waals surface area contributed by atoms with Gasteiger partial charge in [0.25, 0.3) is 0 Å². The van der Waals surface area contributed by atoms with Crippen molar-refractivity contribution in [2.45, 2.75) is 44.3 Å². The molecule has 1 aliphatic rings. The van der Waals surface area contributed by atoms with Gasteiger partial charge in [-0.2, -0.15) is 0 Å². The average Bonchev–Trinajstić information content (AvgIpc) is 3.43. The maximum Gasteiger partial charge on any atom is 0.196 e. The van der Waals surface area contributed by atoms with E-state index in [4.69, 9.17) is 0 Å². The molecule has 0 amide bonds. The first-order valence-corrected chi connectivity index (χ1v) is 11.6. The van der Waals surface area contributed by atoms with Crippen LogP contribution in [0.5, 0.6) is 0 Å². The Morgan fingerprint density at radius 2 is 1.70 bits per heavy atom. The molecule has 0 bridgehead atoms. The van der Waals surface area contributed by atoms with Crippen molar-refractivity contribution in [1.82, 2.24) is 19.7 Å². The standard InChI is InChI=1S/C24H28N4OS/c1-18(2)19-10-12-20(13-11-19)22(29)17-30-24-26-25-23(16-27-14-6-7-15-27)28(24)21-8-4-3-5-9-21/h3-5,8-13,18H,6-7,14-17H2,1-2H3. The molecule has 4 rings (SSSR count). The van der Waals surface area contributed by atoms with Gasteiger partial charge < -0.3 is 0 Å². The van der Waals surface area contributed by atoms with Gasteiger partial charge in [0.1, 0.15) is 0 Å². The minimum absolute atomic E-state index is 0.110. The van der Waals surface area contributed by atoms with E-state index in [1.54, 1.807) is 0 Å². The maximum atomic E-state index is 12.7. The number of ketones is 1. The summed E-state index contributed by atoms with van der Waals surface area (Å²) in [6.45, 7) is 7.31. The normalized spacial score (nSPS) is 14.5. The van der Waals surface area contributed by atoms with Crippen LogP contribution in [0.2, 0.25) is 0 Å². The fraction of sp³-hybridized carbons (Fsp3) is 0.375. The highest BCUT2D eigenvalue weighted by molar-refractivity contribution is 7.99. The molecule has 0 unspecified atom stereocenters. The summed E-state index contributed by atoms with van der Waals surface area (Å²) in [5.74, 6) is 1.84. The smallest absolute Gasteiger partial charge is 0.196 e. The lowest BCUT2D eigenvalue weighted by Crippen LogP contribution is -2.21. The van der Waals surface area contributed by atoms with Crippen LogP contribution >= 0.6 is 11.8 Å². The van der Waals surface area contributed by atoms with E-state index in [0.717, 1.165) is 41.9 Å². The van der Waals surface area contributed by atoms with Gasteiger partial charge in [-0.25, -0.2) is 0 Å². The number of carbonyl (C=O) groups is 1. The number of hydrogen-bond donors (Lipinski definition) is 0. The van der Waals surface area contributed by atoms with Crippen molar-refractivity contribution in [2.24, 2.45) is 0 Å². The molecule has 0 saturated carbocycles. The lowest BCUT2D eigenvalue weighted by Gasteiger charge is -2.15. The van der Waals surface area contributed by atoms with Crippen molar-refractivity contribution >= 4 is 17.5 Å². The van der Waals surface area contributed by atoms with Gasteiger partial charge in [0, 0.05) is 11.3 Å². The minimum atomic E-state index is 0.110. The van der Waals surface area contributed by atoms with Crippen molar-refractivity contribution in [2.75, 3.05) is 18.8 Å². The van der Waals surface area contributed by atoms with Crippen LogP contribution in [0, 0.1) is 0 Å². The summed E-state index contributed by atoms with van der Waals surface area (Å²) in [4.78, 5) is 15.2. The summed E-state index contributed by atoms with van der Waals surface area (Å²) in [7, 11) is 0. The Morgan fingerprint density at radius 3 is 2.37 bits per heavy atom. The van der Waals surface area contributed by atoms with Crippen LogP contribution in [0.4, 0.5) is 0 Å². The number of thioether (sulfide) groups is 1. The summed E-state index contributed by atoms with van der Waals surface area (Å²) >= 11 is 1.46. The second kappa shape index (κ2) is 9.58. The summed E-state index contributed by atoms with van der Waals surface area (Å²) < 4.78 is 2.10. The molecule has 2 heterocycles. The molecular weight excluding hydrogens is 392 g/mol. The molecule has 3 aromatic rings. The summed E-state index contributed by atoms with van der Waals surface area (Å²) in [5.41, 5.74) is 3.03. The Morgan fingerprint density at radius 1 is 1.00 bits per heavy atom. The molecule has 30 heavy (non-hydrogen) atoms. The monoisotopic (exact) mass is 420 g/mol. The van der Waals surface area contributed by atoms with Gasteiger partial charge >= 0.3 is 0 Å². The molecule has 2 aromatic carbocycles. The fourth-order valence-corrected chi connectivity index (χ4v) is 4.61. The second-order valence-electron chi connectivity index (χ2n) is 8.04. The van der Waals surface area contributed by atoms with Gasteiger partial charge in [-0.05, 0) is 49.5 Å². The SMILES string of the molecule is CC(C)c1ccc(C(=O)CSc2nnc(CN3CCCC3)n2-c2ccccc2)cc1.